The monoisotopic (exact) mass is 298 g/mol. The third kappa shape index (κ3) is 3.74. The molecule has 116 valence electrons. The van der Waals surface area contributed by atoms with Gasteiger partial charge in [-0.1, -0.05) is 12.1 Å². The largest absolute Gasteiger partial charge is 0.349 e. The summed E-state index contributed by atoms with van der Waals surface area (Å²) in [5.74, 6) is 0.00894. The molecule has 0 atom stereocenters. The number of amides is 1. The van der Waals surface area contributed by atoms with Crippen LogP contribution >= 0.6 is 0 Å². The third-order valence-electron chi connectivity index (χ3n) is 4.25. The SMILES string of the molecule is NC1CCC(NC(=O)c2ccc(Cn3ccnc3)cc2)CC1. The van der Waals surface area contributed by atoms with Crippen molar-refractivity contribution in [3.63, 3.8) is 0 Å². The number of hydrogen-bond acceptors (Lipinski definition) is 3. The van der Waals surface area contributed by atoms with E-state index in [-0.39, 0.29) is 11.9 Å². The smallest absolute Gasteiger partial charge is 0.251 e. The Labute approximate surface area is 130 Å². The van der Waals surface area contributed by atoms with Crippen molar-refractivity contribution in [2.75, 3.05) is 0 Å². The van der Waals surface area contributed by atoms with Crippen LogP contribution in [0.4, 0.5) is 0 Å². The second-order valence-electron chi connectivity index (χ2n) is 6.02. The van der Waals surface area contributed by atoms with E-state index in [1.54, 1.807) is 12.5 Å². The van der Waals surface area contributed by atoms with Gasteiger partial charge in [0.15, 0.2) is 0 Å². The van der Waals surface area contributed by atoms with Crippen LogP contribution in [-0.4, -0.2) is 27.5 Å². The average Bonchev–Trinajstić information content (AvgIpc) is 3.03. The quantitative estimate of drug-likeness (QED) is 0.906. The number of benzene rings is 1. The summed E-state index contributed by atoms with van der Waals surface area (Å²) in [5, 5.41) is 3.11. The molecular formula is C17H22N4O. The zero-order valence-corrected chi connectivity index (χ0v) is 12.6. The van der Waals surface area contributed by atoms with Gasteiger partial charge in [-0.3, -0.25) is 4.79 Å². The lowest BCUT2D eigenvalue weighted by Gasteiger charge is -2.26. The Morgan fingerprint density at radius 3 is 2.59 bits per heavy atom. The van der Waals surface area contributed by atoms with E-state index in [1.807, 2.05) is 35.0 Å². The topological polar surface area (TPSA) is 72.9 Å². The molecule has 2 aromatic rings. The van der Waals surface area contributed by atoms with Gasteiger partial charge < -0.3 is 15.6 Å². The fourth-order valence-corrected chi connectivity index (χ4v) is 2.88. The summed E-state index contributed by atoms with van der Waals surface area (Å²) >= 11 is 0. The zero-order chi connectivity index (χ0) is 15.4. The molecule has 0 radical (unpaired) electrons. The van der Waals surface area contributed by atoms with Crippen LogP contribution in [0.1, 0.15) is 41.6 Å². The highest BCUT2D eigenvalue weighted by molar-refractivity contribution is 5.94. The Hall–Kier alpha value is -2.14. The van der Waals surface area contributed by atoms with E-state index in [4.69, 9.17) is 5.73 Å². The molecule has 0 unspecified atom stereocenters. The molecule has 1 aromatic heterocycles. The lowest BCUT2D eigenvalue weighted by atomic mass is 9.91. The molecule has 1 aromatic carbocycles. The van der Waals surface area contributed by atoms with Crippen molar-refractivity contribution in [2.45, 2.75) is 44.3 Å². The number of nitrogens with two attached hydrogens (primary N) is 1. The first kappa shape index (κ1) is 14.8. The predicted octanol–water partition coefficient (Wildman–Crippen LogP) is 1.93. The van der Waals surface area contributed by atoms with Crippen molar-refractivity contribution in [1.82, 2.24) is 14.9 Å². The summed E-state index contributed by atoms with van der Waals surface area (Å²) in [4.78, 5) is 16.3. The van der Waals surface area contributed by atoms with Gasteiger partial charge in [-0.15, -0.1) is 0 Å². The van der Waals surface area contributed by atoms with Gasteiger partial charge in [0, 0.05) is 36.6 Å². The van der Waals surface area contributed by atoms with Gasteiger partial charge in [0.05, 0.1) is 6.33 Å². The summed E-state index contributed by atoms with van der Waals surface area (Å²) in [6, 6.07) is 8.32. The highest BCUT2D eigenvalue weighted by atomic mass is 16.1. The maximum absolute atomic E-state index is 12.3. The summed E-state index contributed by atoms with van der Waals surface area (Å²) in [6.07, 6.45) is 9.42. The lowest BCUT2D eigenvalue weighted by Crippen LogP contribution is -2.40. The second-order valence-corrected chi connectivity index (χ2v) is 6.02. The Kier molecular flexibility index (Phi) is 4.53. The van der Waals surface area contributed by atoms with Gasteiger partial charge in [-0.25, -0.2) is 4.98 Å². The molecule has 22 heavy (non-hydrogen) atoms. The Bertz CT molecular complexity index is 598. The number of rotatable bonds is 4. The fraction of sp³-hybridized carbons (Fsp3) is 0.412. The summed E-state index contributed by atoms with van der Waals surface area (Å²) in [7, 11) is 0. The van der Waals surface area contributed by atoms with Gasteiger partial charge in [0.2, 0.25) is 0 Å². The molecule has 5 heteroatoms. The number of aromatic nitrogens is 2. The summed E-state index contributed by atoms with van der Waals surface area (Å²) in [6.45, 7) is 0.766. The fourth-order valence-electron chi connectivity index (χ4n) is 2.88. The first-order valence-corrected chi connectivity index (χ1v) is 7.82. The molecule has 1 aliphatic rings. The number of carbonyl (C=O) groups is 1. The minimum absolute atomic E-state index is 0.00894. The molecule has 1 aliphatic carbocycles. The highest BCUT2D eigenvalue weighted by Gasteiger charge is 2.20. The van der Waals surface area contributed by atoms with E-state index in [0.29, 0.717) is 11.6 Å². The van der Waals surface area contributed by atoms with Gasteiger partial charge >= 0.3 is 0 Å². The number of imidazole rings is 1. The van der Waals surface area contributed by atoms with Crippen LogP contribution in [0.2, 0.25) is 0 Å². The first-order chi connectivity index (χ1) is 10.7. The van der Waals surface area contributed by atoms with Crippen molar-refractivity contribution in [3.05, 3.63) is 54.1 Å². The Balaban J connectivity index is 1.56. The molecule has 0 bridgehead atoms. The van der Waals surface area contributed by atoms with Crippen molar-refractivity contribution in [1.29, 1.82) is 0 Å². The number of nitrogens with one attached hydrogen (secondary N) is 1. The number of hydrogen-bond donors (Lipinski definition) is 2. The Morgan fingerprint density at radius 2 is 1.95 bits per heavy atom. The maximum Gasteiger partial charge on any atom is 0.251 e. The van der Waals surface area contributed by atoms with E-state index < -0.39 is 0 Å². The summed E-state index contributed by atoms with van der Waals surface area (Å²) in [5.41, 5.74) is 7.76. The molecule has 0 aliphatic heterocycles. The first-order valence-electron chi connectivity index (χ1n) is 7.82. The molecule has 5 nitrogen and oxygen atoms in total. The van der Waals surface area contributed by atoms with E-state index in [9.17, 15) is 4.79 Å². The maximum atomic E-state index is 12.3. The molecule has 1 fully saturated rings. The van der Waals surface area contributed by atoms with E-state index >= 15 is 0 Å². The standard InChI is InChI=1S/C17H22N4O/c18-15-5-7-16(8-6-15)20-17(22)14-3-1-13(2-4-14)11-21-10-9-19-12-21/h1-4,9-10,12,15-16H,5-8,11,18H2,(H,20,22). The lowest BCUT2D eigenvalue weighted by molar-refractivity contribution is 0.0926. The molecule has 1 heterocycles. The minimum Gasteiger partial charge on any atom is -0.349 e. The van der Waals surface area contributed by atoms with Crippen LogP contribution in [0.25, 0.3) is 0 Å². The molecule has 3 rings (SSSR count). The normalized spacial score (nSPS) is 21.5. The van der Waals surface area contributed by atoms with Gasteiger partial charge in [0.1, 0.15) is 0 Å². The molecule has 1 amide bonds. The molecule has 0 saturated heterocycles. The predicted molar refractivity (Wildman–Crippen MR) is 85.5 cm³/mol. The van der Waals surface area contributed by atoms with Crippen molar-refractivity contribution in [2.24, 2.45) is 5.73 Å². The van der Waals surface area contributed by atoms with E-state index in [0.717, 1.165) is 37.8 Å². The molecule has 1 saturated carbocycles. The van der Waals surface area contributed by atoms with Gasteiger partial charge in [-0.05, 0) is 43.4 Å². The van der Waals surface area contributed by atoms with E-state index in [1.165, 1.54) is 0 Å². The van der Waals surface area contributed by atoms with Crippen LogP contribution in [0, 0.1) is 0 Å². The average molecular weight is 298 g/mol. The van der Waals surface area contributed by atoms with Crippen molar-refractivity contribution < 1.29 is 4.79 Å². The summed E-state index contributed by atoms with van der Waals surface area (Å²) < 4.78 is 2.00. The van der Waals surface area contributed by atoms with Crippen molar-refractivity contribution >= 4 is 5.91 Å². The third-order valence-corrected chi connectivity index (χ3v) is 4.25. The van der Waals surface area contributed by atoms with Crippen molar-refractivity contribution in [3.8, 4) is 0 Å². The van der Waals surface area contributed by atoms with Crippen LogP contribution < -0.4 is 11.1 Å². The van der Waals surface area contributed by atoms with Crippen LogP contribution in [-0.2, 0) is 6.54 Å². The highest BCUT2D eigenvalue weighted by Crippen LogP contribution is 2.17. The molecular weight excluding hydrogens is 276 g/mol. The number of nitrogens with zero attached hydrogens (tertiary/aromatic N) is 2. The van der Waals surface area contributed by atoms with Crippen LogP contribution in [0.5, 0.6) is 0 Å². The second kappa shape index (κ2) is 6.75. The van der Waals surface area contributed by atoms with Gasteiger partial charge in [-0.2, -0.15) is 0 Å². The Morgan fingerprint density at radius 1 is 1.23 bits per heavy atom. The van der Waals surface area contributed by atoms with Gasteiger partial charge in [0.25, 0.3) is 5.91 Å². The molecule has 0 spiro atoms. The van der Waals surface area contributed by atoms with Crippen LogP contribution in [0.3, 0.4) is 0 Å². The minimum atomic E-state index is 0.00894. The van der Waals surface area contributed by atoms with E-state index in [2.05, 4.69) is 10.3 Å². The molecule has 3 N–H and O–H groups in total. The zero-order valence-electron chi connectivity index (χ0n) is 12.6. The van der Waals surface area contributed by atoms with Crippen LogP contribution in [0.15, 0.2) is 43.0 Å². The number of carbonyl (C=O) groups excluding carboxylic acids is 1.